The van der Waals surface area contributed by atoms with Crippen LogP contribution in [0.4, 0.5) is 17.2 Å². The number of pyridine rings is 2. The highest BCUT2D eigenvalue weighted by Crippen LogP contribution is 2.52. The molecule has 0 unspecified atom stereocenters. The van der Waals surface area contributed by atoms with Crippen molar-refractivity contribution in [1.29, 1.82) is 0 Å². The Bertz CT molecular complexity index is 1850. The molecule has 0 spiro atoms. The molecule has 0 amide bonds. The fourth-order valence-corrected chi connectivity index (χ4v) is 5.78. The lowest BCUT2D eigenvalue weighted by Gasteiger charge is -2.41. The summed E-state index contributed by atoms with van der Waals surface area (Å²) in [4.78, 5) is 11.9. The van der Waals surface area contributed by atoms with Crippen LogP contribution in [0.25, 0.3) is 33.3 Å². The maximum atomic E-state index is 11.0. The fourth-order valence-electron chi connectivity index (χ4n) is 5.78. The molecule has 4 aromatic carbocycles. The van der Waals surface area contributed by atoms with E-state index in [0.29, 0.717) is 5.52 Å². The molecule has 3 heterocycles. The van der Waals surface area contributed by atoms with Gasteiger partial charge in [-0.15, -0.1) is 0 Å². The first-order chi connectivity index (χ1) is 19.0. The second kappa shape index (κ2) is 8.81. The van der Waals surface area contributed by atoms with Crippen molar-refractivity contribution < 1.29 is 5.11 Å². The zero-order chi connectivity index (χ0) is 26.6. The van der Waals surface area contributed by atoms with E-state index in [-0.39, 0.29) is 11.2 Å². The van der Waals surface area contributed by atoms with Gasteiger partial charge in [0.05, 0.1) is 17.1 Å². The van der Waals surface area contributed by atoms with Crippen LogP contribution >= 0.6 is 0 Å². The molecule has 0 aliphatic carbocycles. The van der Waals surface area contributed by atoms with E-state index in [2.05, 4.69) is 67.3 Å². The zero-order valence-corrected chi connectivity index (χ0v) is 21.8. The van der Waals surface area contributed by atoms with Gasteiger partial charge in [0.15, 0.2) is 0 Å². The SMILES string of the molecule is CC1(C)c2ccccc2N(c2ccccn2)c2cc(-c3ccc4cc(-c5ccccc5)cc(O)c4n3)ccc21. The van der Waals surface area contributed by atoms with Crippen LogP contribution in [0, 0.1) is 0 Å². The molecule has 1 aliphatic heterocycles. The molecule has 0 saturated heterocycles. The lowest BCUT2D eigenvalue weighted by molar-refractivity contribution is 0.480. The number of hydrogen-bond donors (Lipinski definition) is 1. The first-order valence-corrected chi connectivity index (χ1v) is 13.2. The highest BCUT2D eigenvalue weighted by molar-refractivity contribution is 5.92. The van der Waals surface area contributed by atoms with Crippen LogP contribution in [-0.4, -0.2) is 15.1 Å². The van der Waals surface area contributed by atoms with Gasteiger partial charge >= 0.3 is 0 Å². The molecule has 188 valence electrons. The second-order valence-corrected chi connectivity index (χ2v) is 10.5. The lowest BCUT2D eigenvalue weighted by atomic mass is 9.73. The maximum Gasteiger partial charge on any atom is 0.142 e. The lowest BCUT2D eigenvalue weighted by Crippen LogP contribution is -2.30. The molecular formula is C35H27N3O. The summed E-state index contributed by atoms with van der Waals surface area (Å²) < 4.78 is 0. The van der Waals surface area contributed by atoms with E-state index in [9.17, 15) is 5.11 Å². The van der Waals surface area contributed by atoms with Gasteiger partial charge in [-0.25, -0.2) is 9.97 Å². The van der Waals surface area contributed by atoms with Crippen molar-refractivity contribution in [3.05, 3.63) is 133 Å². The minimum atomic E-state index is -0.182. The monoisotopic (exact) mass is 505 g/mol. The van der Waals surface area contributed by atoms with Gasteiger partial charge in [0.2, 0.25) is 0 Å². The van der Waals surface area contributed by atoms with Crippen LogP contribution in [0.1, 0.15) is 25.0 Å². The zero-order valence-electron chi connectivity index (χ0n) is 21.8. The molecule has 4 nitrogen and oxygen atoms in total. The van der Waals surface area contributed by atoms with Gasteiger partial charge in [-0.1, -0.05) is 86.6 Å². The molecule has 0 fully saturated rings. The predicted molar refractivity (Wildman–Crippen MR) is 159 cm³/mol. The molecule has 0 atom stereocenters. The van der Waals surface area contributed by atoms with E-state index in [4.69, 9.17) is 9.97 Å². The summed E-state index contributed by atoms with van der Waals surface area (Å²) in [6, 6.07) is 39.1. The Kier molecular flexibility index (Phi) is 5.24. The summed E-state index contributed by atoms with van der Waals surface area (Å²) in [7, 11) is 0. The van der Waals surface area contributed by atoms with Gasteiger partial charge in [-0.3, -0.25) is 4.90 Å². The van der Waals surface area contributed by atoms with Gasteiger partial charge in [-0.05, 0) is 64.7 Å². The average molecular weight is 506 g/mol. The Morgan fingerprint density at radius 3 is 2.23 bits per heavy atom. The summed E-state index contributed by atoms with van der Waals surface area (Å²) in [6.07, 6.45) is 1.83. The summed E-state index contributed by atoms with van der Waals surface area (Å²) in [6.45, 7) is 4.55. The average Bonchev–Trinajstić information content (AvgIpc) is 2.98. The number of aromatic hydroxyl groups is 1. The number of nitrogens with zero attached hydrogens (tertiary/aromatic N) is 3. The number of rotatable bonds is 3. The Labute approximate surface area is 227 Å². The summed E-state index contributed by atoms with van der Waals surface area (Å²) >= 11 is 0. The van der Waals surface area contributed by atoms with Gasteiger partial charge in [0.25, 0.3) is 0 Å². The Hall–Kier alpha value is -4.96. The van der Waals surface area contributed by atoms with Crippen LogP contribution in [-0.2, 0) is 5.41 Å². The fraction of sp³-hybridized carbons (Fsp3) is 0.0857. The molecule has 4 heteroatoms. The standard InChI is InChI=1S/C35H27N3O/c1-35(2)27-12-6-7-13-30(27)38(33-14-8-9-19-36-33)31-21-24(15-17-28(31)35)29-18-16-25-20-26(22-32(39)34(25)37-29)23-10-4-3-5-11-23/h3-22,39H,1-2H3. The van der Waals surface area contributed by atoms with Gasteiger partial charge in [-0.2, -0.15) is 0 Å². The third-order valence-corrected chi connectivity index (χ3v) is 7.78. The molecule has 7 rings (SSSR count). The van der Waals surface area contributed by atoms with Crippen molar-refractivity contribution in [1.82, 2.24) is 9.97 Å². The molecule has 39 heavy (non-hydrogen) atoms. The third kappa shape index (κ3) is 3.76. The predicted octanol–water partition coefficient (Wildman–Crippen LogP) is 8.78. The molecule has 0 radical (unpaired) electrons. The van der Waals surface area contributed by atoms with E-state index in [1.807, 2.05) is 66.9 Å². The molecule has 2 aromatic heterocycles. The number of aromatic nitrogens is 2. The Balaban J connectivity index is 1.38. The number of hydrogen-bond acceptors (Lipinski definition) is 4. The van der Waals surface area contributed by atoms with Crippen molar-refractivity contribution in [2.45, 2.75) is 19.3 Å². The molecule has 1 N–H and O–H groups in total. The maximum absolute atomic E-state index is 11.0. The van der Waals surface area contributed by atoms with Crippen LogP contribution < -0.4 is 4.90 Å². The number of para-hydroxylation sites is 1. The first-order valence-electron chi connectivity index (χ1n) is 13.2. The summed E-state index contributed by atoms with van der Waals surface area (Å²) in [5, 5.41) is 11.9. The first kappa shape index (κ1) is 23.2. The van der Waals surface area contributed by atoms with Crippen LogP contribution in [0.15, 0.2) is 121 Å². The van der Waals surface area contributed by atoms with Crippen molar-refractivity contribution >= 4 is 28.1 Å². The van der Waals surface area contributed by atoms with Gasteiger partial charge in [0.1, 0.15) is 17.1 Å². The number of anilines is 3. The third-order valence-electron chi connectivity index (χ3n) is 7.78. The largest absolute Gasteiger partial charge is 0.506 e. The highest BCUT2D eigenvalue weighted by atomic mass is 16.3. The topological polar surface area (TPSA) is 49.2 Å². The van der Waals surface area contributed by atoms with Crippen molar-refractivity contribution in [2.24, 2.45) is 0 Å². The van der Waals surface area contributed by atoms with E-state index < -0.39 is 0 Å². The normalized spacial score (nSPS) is 13.6. The Morgan fingerprint density at radius 2 is 1.41 bits per heavy atom. The summed E-state index contributed by atoms with van der Waals surface area (Å²) in [5.41, 5.74) is 8.94. The second-order valence-electron chi connectivity index (χ2n) is 10.5. The Morgan fingerprint density at radius 1 is 0.641 bits per heavy atom. The van der Waals surface area contributed by atoms with E-state index in [1.165, 1.54) is 11.1 Å². The molecule has 0 saturated carbocycles. The minimum Gasteiger partial charge on any atom is -0.506 e. The van der Waals surface area contributed by atoms with E-state index in [0.717, 1.165) is 45.0 Å². The van der Waals surface area contributed by atoms with Crippen molar-refractivity contribution in [2.75, 3.05) is 4.90 Å². The summed E-state index contributed by atoms with van der Waals surface area (Å²) in [5.74, 6) is 1.05. The van der Waals surface area contributed by atoms with Crippen LogP contribution in [0.2, 0.25) is 0 Å². The number of phenols is 1. The van der Waals surface area contributed by atoms with Crippen LogP contribution in [0.3, 0.4) is 0 Å². The van der Waals surface area contributed by atoms with Crippen molar-refractivity contribution in [3.8, 4) is 28.1 Å². The number of phenolic OH excluding ortho intramolecular Hbond substituents is 1. The number of fused-ring (bicyclic) bond motifs is 3. The van der Waals surface area contributed by atoms with Crippen LogP contribution in [0.5, 0.6) is 5.75 Å². The molecular weight excluding hydrogens is 478 g/mol. The smallest absolute Gasteiger partial charge is 0.142 e. The van der Waals surface area contributed by atoms with E-state index in [1.54, 1.807) is 6.07 Å². The quantitative estimate of drug-likeness (QED) is 0.261. The number of benzene rings is 4. The molecule has 0 bridgehead atoms. The molecule has 6 aromatic rings. The van der Waals surface area contributed by atoms with E-state index >= 15 is 0 Å². The van der Waals surface area contributed by atoms with Crippen molar-refractivity contribution in [3.63, 3.8) is 0 Å². The minimum absolute atomic E-state index is 0.177. The highest BCUT2D eigenvalue weighted by Gasteiger charge is 2.37. The van der Waals surface area contributed by atoms with Gasteiger partial charge in [0, 0.05) is 22.6 Å². The molecule has 1 aliphatic rings. The van der Waals surface area contributed by atoms with Gasteiger partial charge < -0.3 is 5.11 Å².